The number of hydrazine groups is 1. The molecule has 0 saturated carbocycles. The van der Waals surface area contributed by atoms with Crippen LogP contribution >= 0.6 is 11.6 Å². The maximum absolute atomic E-state index is 14.4. The summed E-state index contributed by atoms with van der Waals surface area (Å²) >= 11 is 6.13. The lowest BCUT2D eigenvalue weighted by molar-refractivity contribution is -0.119. The number of rotatable bonds is 1. The third-order valence-corrected chi connectivity index (χ3v) is 3.90. The Kier molecular flexibility index (Phi) is 4.81. The van der Waals surface area contributed by atoms with Crippen LogP contribution in [0.3, 0.4) is 0 Å². The summed E-state index contributed by atoms with van der Waals surface area (Å²) < 4.78 is 14.4. The average molecular weight is 359 g/mol. The minimum atomic E-state index is -0.423. The highest BCUT2D eigenvalue weighted by atomic mass is 35.5. The van der Waals surface area contributed by atoms with Crippen LogP contribution in [0.4, 0.5) is 10.1 Å². The molecule has 25 heavy (non-hydrogen) atoms. The van der Waals surface area contributed by atoms with E-state index in [0.717, 1.165) is 0 Å². The topological polar surface area (TPSA) is 65.8 Å². The van der Waals surface area contributed by atoms with Crippen molar-refractivity contribution in [2.45, 2.75) is 19.9 Å². The standard InChI is InChI=1S/C18H16ClFN4O/c1-10-18(24-23-11(2)25)22-16-8-7-12(19)9-14(16)17(21-10)13-5-3-4-6-15(13)20/h3-10H,1-2H3,(H,22,24)(H,23,25)/t10-/m0/s1. The molecule has 1 aliphatic rings. The number of aliphatic imine (C=N–C) groups is 2. The molecule has 0 aromatic heterocycles. The van der Waals surface area contributed by atoms with Crippen LogP contribution in [0.2, 0.25) is 5.02 Å². The van der Waals surface area contributed by atoms with Crippen LogP contribution in [0.25, 0.3) is 0 Å². The number of fused-ring (bicyclic) bond motifs is 1. The Morgan fingerprint density at radius 3 is 2.68 bits per heavy atom. The second-order valence-electron chi connectivity index (χ2n) is 5.60. The summed E-state index contributed by atoms with van der Waals surface area (Å²) in [6.07, 6.45) is 0. The van der Waals surface area contributed by atoms with E-state index in [4.69, 9.17) is 11.6 Å². The number of nitrogens with one attached hydrogen (secondary N) is 2. The molecule has 7 heteroatoms. The Morgan fingerprint density at radius 1 is 1.20 bits per heavy atom. The van der Waals surface area contributed by atoms with Crippen molar-refractivity contribution >= 4 is 34.7 Å². The Hall–Kier alpha value is -2.73. The smallest absolute Gasteiger partial charge is 0.235 e. The summed E-state index contributed by atoms with van der Waals surface area (Å²) in [4.78, 5) is 20.3. The van der Waals surface area contributed by atoms with Crippen molar-refractivity contribution in [2.24, 2.45) is 9.98 Å². The van der Waals surface area contributed by atoms with E-state index in [1.165, 1.54) is 13.0 Å². The van der Waals surface area contributed by atoms with E-state index < -0.39 is 6.04 Å². The molecule has 0 unspecified atom stereocenters. The summed E-state index contributed by atoms with van der Waals surface area (Å²) in [6, 6.07) is 11.1. The predicted octanol–water partition coefficient (Wildman–Crippen LogP) is 3.39. The average Bonchev–Trinajstić information content (AvgIpc) is 2.70. The molecule has 0 saturated heterocycles. The summed E-state index contributed by atoms with van der Waals surface area (Å²) in [5.41, 5.74) is 7.31. The Morgan fingerprint density at radius 2 is 1.96 bits per heavy atom. The fourth-order valence-electron chi connectivity index (χ4n) is 2.50. The van der Waals surface area contributed by atoms with E-state index in [2.05, 4.69) is 20.8 Å². The van der Waals surface area contributed by atoms with E-state index >= 15 is 0 Å². The van der Waals surface area contributed by atoms with Gasteiger partial charge in [0.05, 0.1) is 11.4 Å². The van der Waals surface area contributed by atoms with Gasteiger partial charge in [0.15, 0.2) is 0 Å². The molecule has 2 N–H and O–H groups in total. The van der Waals surface area contributed by atoms with Crippen molar-refractivity contribution in [1.29, 1.82) is 0 Å². The van der Waals surface area contributed by atoms with Crippen LogP contribution < -0.4 is 10.9 Å². The second kappa shape index (κ2) is 7.03. The van der Waals surface area contributed by atoms with Crippen molar-refractivity contribution in [3.05, 3.63) is 64.4 Å². The van der Waals surface area contributed by atoms with E-state index in [1.807, 2.05) is 6.92 Å². The van der Waals surface area contributed by atoms with Crippen LogP contribution in [-0.2, 0) is 4.79 Å². The fourth-order valence-corrected chi connectivity index (χ4v) is 2.67. The van der Waals surface area contributed by atoms with Gasteiger partial charge < -0.3 is 0 Å². The maximum atomic E-state index is 14.4. The number of nitrogens with zero attached hydrogens (tertiary/aromatic N) is 2. The number of carbonyl (C=O) groups is 1. The first-order valence-electron chi connectivity index (χ1n) is 7.69. The van der Waals surface area contributed by atoms with E-state index in [9.17, 15) is 9.18 Å². The van der Waals surface area contributed by atoms with Crippen LogP contribution in [0.1, 0.15) is 25.0 Å². The minimum Gasteiger partial charge on any atom is -0.284 e. The van der Waals surface area contributed by atoms with Gasteiger partial charge in [0.2, 0.25) is 5.91 Å². The molecule has 1 amide bonds. The summed E-state index contributed by atoms with van der Waals surface area (Å²) in [6.45, 7) is 3.19. The molecule has 3 rings (SSSR count). The lowest BCUT2D eigenvalue weighted by atomic mass is 10.00. The van der Waals surface area contributed by atoms with Crippen molar-refractivity contribution in [3.8, 4) is 0 Å². The molecule has 5 nitrogen and oxygen atoms in total. The molecule has 2 aromatic carbocycles. The molecular formula is C18H16ClFN4O. The number of halogens is 2. The molecule has 0 radical (unpaired) electrons. The summed E-state index contributed by atoms with van der Waals surface area (Å²) in [5, 5.41) is 0.504. The highest BCUT2D eigenvalue weighted by Gasteiger charge is 2.22. The minimum absolute atomic E-state index is 0.256. The van der Waals surface area contributed by atoms with Crippen LogP contribution in [-0.4, -0.2) is 23.5 Å². The highest BCUT2D eigenvalue weighted by Crippen LogP contribution is 2.30. The number of hydrogen-bond acceptors (Lipinski definition) is 4. The Balaban J connectivity index is 2.15. The van der Waals surface area contributed by atoms with Gasteiger partial charge in [0, 0.05) is 23.1 Å². The van der Waals surface area contributed by atoms with Gasteiger partial charge in [-0.25, -0.2) is 9.38 Å². The third kappa shape index (κ3) is 3.69. The van der Waals surface area contributed by atoms with Gasteiger partial charge in [-0.15, -0.1) is 0 Å². The van der Waals surface area contributed by atoms with Gasteiger partial charge in [0.1, 0.15) is 17.7 Å². The van der Waals surface area contributed by atoms with Crippen LogP contribution in [0.15, 0.2) is 52.4 Å². The van der Waals surface area contributed by atoms with Crippen molar-refractivity contribution < 1.29 is 9.18 Å². The predicted molar refractivity (Wildman–Crippen MR) is 97.0 cm³/mol. The van der Waals surface area contributed by atoms with Gasteiger partial charge in [-0.2, -0.15) is 0 Å². The molecule has 0 bridgehead atoms. The first-order valence-corrected chi connectivity index (χ1v) is 8.07. The normalized spacial score (nSPS) is 16.2. The van der Waals surface area contributed by atoms with Crippen LogP contribution in [0, 0.1) is 5.82 Å². The first kappa shape index (κ1) is 17.1. The van der Waals surface area contributed by atoms with Gasteiger partial charge in [0.25, 0.3) is 0 Å². The zero-order valence-corrected chi connectivity index (χ0v) is 14.4. The first-order chi connectivity index (χ1) is 12.0. The number of carbonyl (C=O) groups excluding carboxylic acids is 1. The quantitative estimate of drug-likeness (QED) is 0.767. The highest BCUT2D eigenvalue weighted by molar-refractivity contribution is 6.31. The van der Waals surface area contributed by atoms with Crippen LogP contribution in [0.5, 0.6) is 0 Å². The number of amides is 1. The SMILES string of the molecule is CC(=O)NNC1=Nc2ccc(Cl)cc2C(c2ccccc2F)=N[C@H]1C. The van der Waals surface area contributed by atoms with Crippen molar-refractivity contribution in [1.82, 2.24) is 10.9 Å². The lowest BCUT2D eigenvalue weighted by Gasteiger charge is -2.13. The zero-order valence-electron chi connectivity index (χ0n) is 13.7. The van der Waals surface area contributed by atoms with Gasteiger partial charge >= 0.3 is 0 Å². The van der Waals surface area contributed by atoms with E-state index in [1.54, 1.807) is 36.4 Å². The second-order valence-corrected chi connectivity index (χ2v) is 6.03. The van der Waals surface area contributed by atoms with E-state index in [0.29, 0.717) is 33.4 Å². The Bertz CT molecular complexity index is 894. The maximum Gasteiger partial charge on any atom is 0.235 e. The monoisotopic (exact) mass is 358 g/mol. The molecule has 0 fully saturated rings. The fraction of sp³-hybridized carbons (Fsp3) is 0.167. The number of amidine groups is 1. The van der Waals surface area contributed by atoms with Crippen molar-refractivity contribution in [3.63, 3.8) is 0 Å². The van der Waals surface area contributed by atoms with Gasteiger partial charge in [-0.3, -0.25) is 20.6 Å². The molecular weight excluding hydrogens is 343 g/mol. The molecule has 1 aliphatic heterocycles. The zero-order chi connectivity index (χ0) is 18.0. The van der Waals surface area contributed by atoms with Crippen molar-refractivity contribution in [2.75, 3.05) is 0 Å². The molecule has 0 aliphatic carbocycles. The summed E-state index contributed by atoms with van der Waals surface area (Å²) in [5.74, 6) is -0.184. The largest absolute Gasteiger partial charge is 0.284 e. The lowest BCUT2D eigenvalue weighted by Crippen LogP contribution is -2.44. The van der Waals surface area contributed by atoms with E-state index in [-0.39, 0.29) is 11.7 Å². The number of benzene rings is 2. The molecule has 0 spiro atoms. The molecule has 1 heterocycles. The van der Waals surface area contributed by atoms with Gasteiger partial charge in [-0.05, 0) is 37.3 Å². The molecule has 1 atom stereocenters. The van der Waals surface area contributed by atoms with Gasteiger partial charge in [-0.1, -0.05) is 23.7 Å². The molecule has 2 aromatic rings. The Labute approximate surface area is 149 Å². The summed E-state index contributed by atoms with van der Waals surface area (Å²) in [7, 11) is 0. The third-order valence-electron chi connectivity index (χ3n) is 3.67. The molecule has 128 valence electrons. The number of hydrogen-bond donors (Lipinski definition) is 2.